The molecule has 6 heteroatoms. The highest BCUT2D eigenvalue weighted by Gasteiger charge is 2.30. The minimum atomic E-state index is -3.09. The maximum absolute atomic E-state index is 11.6. The number of hydrogen-bond acceptors (Lipinski definition) is 5. The van der Waals surface area contributed by atoms with Gasteiger partial charge in [-0.05, 0) is 38.5 Å². The van der Waals surface area contributed by atoms with Crippen LogP contribution >= 0.6 is 11.3 Å². The van der Waals surface area contributed by atoms with Crippen LogP contribution in [-0.4, -0.2) is 30.9 Å². The highest BCUT2D eigenvalue weighted by atomic mass is 32.2. The molecule has 1 aromatic heterocycles. The zero-order valence-electron chi connectivity index (χ0n) is 11.5. The summed E-state index contributed by atoms with van der Waals surface area (Å²) in [5, 5.41) is 3.89. The van der Waals surface area contributed by atoms with Crippen LogP contribution in [0, 0.1) is 6.92 Å². The van der Waals surface area contributed by atoms with Crippen LogP contribution in [0.1, 0.15) is 19.4 Å². The molecule has 2 aromatic rings. The van der Waals surface area contributed by atoms with Crippen LogP contribution in [0.3, 0.4) is 0 Å². The molecular weight excluding hydrogens is 280 g/mol. The van der Waals surface area contributed by atoms with E-state index in [0.717, 1.165) is 15.3 Å². The molecule has 0 radical (unpaired) electrons. The SMILES string of the molecule is Cc1ccc2sc(NCC(C)(C)S(C)(=O)=O)nc2c1. The van der Waals surface area contributed by atoms with Gasteiger partial charge in [0.1, 0.15) is 0 Å². The van der Waals surface area contributed by atoms with Gasteiger partial charge in [-0.3, -0.25) is 0 Å². The first-order valence-corrected chi connectivity index (χ1v) is 8.70. The number of sulfone groups is 1. The fourth-order valence-electron chi connectivity index (χ4n) is 1.53. The molecule has 1 N–H and O–H groups in total. The maximum Gasteiger partial charge on any atom is 0.183 e. The topological polar surface area (TPSA) is 59.1 Å². The summed E-state index contributed by atoms with van der Waals surface area (Å²) >= 11 is 1.54. The Morgan fingerprint density at radius 2 is 2.05 bits per heavy atom. The molecule has 104 valence electrons. The second kappa shape index (κ2) is 4.76. The Kier molecular flexibility index (Phi) is 3.57. The second-order valence-corrected chi connectivity index (χ2v) is 9.06. The molecule has 0 fully saturated rings. The van der Waals surface area contributed by atoms with Crippen LogP contribution in [0.2, 0.25) is 0 Å². The van der Waals surface area contributed by atoms with Crippen molar-refractivity contribution >= 4 is 36.5 Å². The molecule has 0 atom stereocenters. The molecule has 0 saturated carbocycles. The number of nitrogens with one attached hydrogen (secondary N) is 1. The van der Waals surface area contributed by atoms with Crippen molar-refractivity contribution in [3.05, 3.63) is 23.8 Å². The van der Waals surface area contributed by atoms with E-state index in [-0.39, 0.29) is 0 Å². The summed E-state index contributed by atoms with van der Waals surface area (Å²) in [7, 11) is -3.09. The molecular formula is C13H18N2O2S2. The average molecular weight is 298 g/mol. The lowest BCUT2D eigenvalue weighted by molar-refractivity contribution is 0.560. The third-order valence-electron chi connectivity index (χ3n) is 3.21. The van der Waals surface area contributed by atoms with Crippen LogP contribution in [0.25, 0.3) is 10.2 Å². The number of benzene rings is 1. The van der Waals surface area contributed by atoms with Crippen LogP contribution in [0.15, 0.2) is 18.2 Å². The fourth-order valence-corrected chi connectivity index (χ4v) is 2.71. The van der Waals surface area contributed by atoms with Gasteiger partial charge in [-0.2, -0.15) is 0 Å². The van der Waals surface area contributed by atoms with Crippen molar-refractivity contribution in [1.29, 1.82) is 0 Å². The van der Waals surface area contributed by atoms with Gasteiger partial charge in [-0.1, -0.05) is 17.4 Å². The molecule has 1 aromatic carbocycles. The van der Waals surface area contributed by atoms with E-state index in [2.05, 4.69) is 10.3 Å². The van der Waals surface area contributed by atoms with Gasteiger partial charge in [0, 0.05) is 12.8 Å². The molecule has 0 saturated heterocycles. The molecule has 0 aliphatic heterocycles. The number of aryl methyl sites for hydroxylation is 1. The summed E-state index contributed by atoms with van der Waals surface area (Å²) in [6.07, 6.45) is 1.26. The highest BCUT2D eigenvalue weighted by Crippen LogP contribution is 2.27. The zero-order chi connectivity index (χ0) is 14.3. The Bertz CT molecular complexity index is 703. The summed E-state index contributed by atoms with van der Waals surface area (Å²) in [6, 6.07) is 6.11. The predicted molar refractivity (Wildman–Crippen MR) is 81.8 cm³/mol. The average Bonchev–Trinajstić information content (AvgIpc) is 2.67. The zero-order valence-corrected chi connectivity index (χ0v) is 13.2. The quantitative estimate of drug-likeness (QED) is 0.943. The van der Waals surface area contributed by atoms with Crippen molar-refractivity contribution in [2.24, 2.45) is 0 Å². The standard InChI is InChI=1S/C13H18N2O2S2/c1-9-5-6-11-10(7-9)15-12(18-11)14-8-13(2,3)19(4,16)17/h5-7H,8H2,1-4H3,(H,14,15). The van der Waals surface area contributed by atoms with Crippen molar-refractivity contribution in [3.63, 3.8) is 0 Å². The van der Waals surface area contributed by atoms with Crippen LogP contribution < -0.4 is 5.32 Å². The molecule has 0 aliphatic carbocycles. The Balaban J connectivity index is 2.19. The lowest BCUT2D eigenvalue weighted by atomic mass is 10.2. The fraction of sp³-hybridized carbons (Fsp3) is 0.462. The highest BCUT2D eigenvalue weighted by molar-refractivity contribution is 7.92. The van der Waals surface area contributed by atoms with E-state index >= 15 is 0 Å². The third kappa shape index (κ3) is 3.06. The minimum Gasteiger partial charge on any atom is -0.360 e. The van der Waals surface area contributed by atoms with Crippen molar-refractivity contribution in [1.82, 2.24) is 4.98 Å². The van der Waals surface area contributed by atoms with Gasteiger partial charge in [0.2, 0.25) is 0 Å². The van der Waals surface area contributed by atoms with Gasteiger partial charge in [0.15, 0.2) is 15.0 Å². The van der Waals surface area contributed by atoms with E-state index in [1.807, 2.05) is 25.1 Å². The van der Waals surface area contributed by atoms with Gasteiger partial charge < -0.3 is 5.32 Å². The van der Waals surface area contributed by atoms with E-state index in [0.29, 0.717) is 6.54 Å². The lowest BCUT2D eigenvalue weighted by Crippen LogP contribution is -2.38. The van der Waals surface area contributed by atoms with Gasteiger partial charge in [-0.15, -0.1) is 0 Å². The maximum atomic E-state index is 11.6. The van der Waals surface area contributed by atoms with Crippen LogP contribution in [0.4, 0.5) is 5.13 Å². The summed E-state index contributed by atoms with van der Waals surface area (Å²) in [6.45, 7) is 5.81. The molecule has 0 bridgehead atoms. The Morgan fingerprint density at radius 3 is 2.68 bits per heavy atom. The van der Waals surface area contributed by atoms with E-state index in [1.54, 1.807) is 25.2 Å². The van der Waals surface area contributed by atoms with Crippen LogP contribution in [-0.2, 0) is 9.84 Å². The number of aromatic nitrogens is 1. The first-order chi connectivity index (χ1) is 8.69. The molecule has 19 heavy (non-hydrogen) atoms. The molecule has 2 rings (SSSR count). The monoisotopic (exact) mass is 298 g/mol. The van der Waals surface area contributed by atoms with E-state index < -0.39 is 14.6 Å². The molecule has 0 unspecified atom stereocenters. The van der Waals surface area contributed by atoms with E-state index in [9.17, 15) is 8.42 Å². The summed E-state index contributed by atoms with van der Waals surface area (Å²) in [5.74, 6) is 0. The summed E-state index contributed by atoms with van der Waals surface area (Å²) in [4.78, 5) is 4.47. The van der Waals surface area contributed by atoms with Crippen molar-refractivity contribution in [2.45, 2.75) is 25.5 Å². The molecule has 0 spiro atoms. The summed E-state index contributed by atoms with van der Waals surface area (Å²) < 4.78 is 23.6. The second-order valence-electron chi connectivity index (χ2n) is 5.38. The number of fused-ring (bicyclic) bond motifs is 1. The van der Waals surface area contributed by atoms with Crippen molar-refractivity contribution < 1.29 is 8.42 Å². The third-order valence-corrected chi connectivity index (χ3v) is 6.36. The predicted octanol–water partition coefficient (Wildman–Crippen LogP) is 2.84. The van der Waals surface area contributed by atoms with Gasteiger partial charge in [-0.25, -0.2) is 13.4 Å². The Hall–Kier alpha value is -1.14. The molecule has 0 amide bonds. The molecule has 0 aliphatic rings. The minimum absolute atomic E-state index is 0.352. The number of nitrogens with zero attached hydrogens (tertiary/aromatic N) is 1. The Morgan fingerprint density at radius 1 is 1.37 bits per heavy atom. The first-order valence-electron chi connectivity index (χ1n) is 6.00. The van der Waals surface area contributed by atoms with Gasteiger partial charge in [0.25, 0.3) is 0 Å². The molecule has 4 nitrogen and oxygen atoms in total. The van der Waals surface area contributed by atoms with Gasteiger partial charge >= 0.3 is 0 Å². The summed E-state index contributed by atoms with van der Waals surface area (Å²) in [5.41, 5.74) is 2.12. The smallest absolute Gasteiger partial charge is 0.183 e. The largest absolute Gasteiger partial charge is 0.360 e. The van der Waals surface area contributed by atoms with Crippen molar-refractivity contribution in [2.75, 3.05) is 18.1 Å². The van der Waals surface area contributed by atoms with Crippen LogP contribution in [0.5, 0.6) is 0 Å². The molecule has 1 heterocycles. The van der Waals surface area contributed by atoms with Gasteiger partial charge in [0.05, 0.1) is 15.0 Å². The first kappa shape index (κ1) is 14.3. The van der Waals surface area contributed by atoms with E-state index in [1.165, 1.54) is 11.8 Å². The van der Waals surface area contributed by atoms with E-state index in [4.69, 9.17) is 0 Å². The normalized spacial score (nSPS) is 12.8. The Labute approximate surface area is 117 Å². The lowest BCUT2D eigenvalue weighted by Gasteiger charge is -2.22. The van der Waals surface area contributed by atoms with Crippen molar-refractivity contribution in [3.8, 4) is 0 Å². The number of rotatable bonds is 4. The number of anilines is 1. The number of hydrogen-bond donors (Lipinski definition) is 1. The number of thiazole rings is 1.